The molecule has 0 saturated carbocycles. The first-order chi connectivity index (χ1) is 7.77. The zero-order valence-electron chi connectivity index (χ0n) is 11.5. The molecule has 0 amide bonds. The van der Waals surface area contributed by atoms with Crippen LogP contribution in [0.2, 0.25) is 0 Å². The molecule has 17 heavy (non-hydrogen) atoms. The Hall–Kier alpha value is -1.31. The molecule has 0 spiro atoms. The van der Waals surface area contributed by atoms with E-state index in [1.807, 2.05) is 18.2 Å². The van der Waals surface area contributed by atoms with E-state index < -0.39 is 0 Å². The van der Waals surface area contributed by atoms with Gasteiger partial charge in [-0.05, 0) is 12.0 Å². The van der Waals surface area contributed by atoms with Crippen LogP contribution in [-0.4, -0.2) is 10.9 Å². The summed E-state index contributed by atoms with van der Waals surface area (Å²) in [5, 5.41) is 12.8. The topological polar surface area (TPSA) is 32.6 Å². The van der Waals surface area contributed by atoms with Gasteiger partial charge < -0.3 is 5.21 Å². The zero-order chi connectivity index (χ0) is 13.1. The van der Waals surface area contributed by atoms with E-state index in [0.717, 1.165) is 12.1 Å². The first-order valence-electron chi connectivity index (χ1n) is 6.04. The lowest BCUT2D eigenvalue weighted by molar-refractivity contribution is 0.293. The Balaban J connectivity index is 2.96. The van der Waals surface area contributed by atoms with Gasteiger partial charge in [0.05, 0.1) is 5.71 Å². The monoisotopic (exact) mass is 233 g/mol. The van der Waals surface area contributed by atoms with Crippen LogP contribution in [0.1, 0.15) is 40.2 Å². The van der Waals surface area contributed by atoms with Crippen molar-refractivity contribution < 1.29 is 5.21 Å². The molecule has 1 rings (SSSR count). The summed E-state index contributed by atoms with van der Waals surface area (Å²) < 4.78 is 0. The fraction of sp³-hybridized carbons (Fsp3) is 0.533. The van der Waals surface area contributed by atoms with Gasteiger partial charge in [-0.1, -0.05) is 70.1 Å². The van der Waals surface area contributed by atoms with Gasteiger partial charge in [0.2, 0.25) is 0 Å². The Labute approximate surface area is 104 Å². The summed E-state index contributed by atoms with van der Waals surface area (Å²) in [7, 11) is 0. The van der Waals surface area contributed by atoms with Gasteiger partial charge >= 0.3 is 0 Å². The molecule has 2 nitrogen and oxygen atoms in total. The van der Waals surface area contributed by atoms with Crippen LogP contribution in [0.15, 0.2) is 35.5 Å². The average Bonchev–Trinajstić information content (AvgIpc) is 2.16. The Bertz CT molecular complexity index is 385. The number of hydrogen-bond acceptors (Lipinski definition) is 2. The summed E-state index contributed by atoms with van der Waals surface area (Å²) in [5.41, 5.74) is 1.85. The Kier molecular flexibility index (Phi) is 3.97. The van der Waals surface area contributed by atoms with Crippen molar-refractivity contribution in [2.75, 3.05) is 0 Å². The smallest absolute Gasteiger partial charge is 0.0683 e. The molecule has 0 aliphatic rings. The van der Waals surface area contributed by atoms with Crippen molar-refractivity contribution in [3.8, 4) is 0 Å². The average molecular weight is 233 g/mol. The van der Waals surface area contributed by atoms with Gasteiger partial charge in [-0.15, -0.1) is 0 Å². The van der Waals surface area contributed by atoms with Crippen molar-refractivity contribution in [3.05, 3.63) is 35.9 Å². The molecular weight excluding hydrogens is 210 g/mol. The number of oxime groups is 1. The molecule has 2 heteroatoms. The Morgan fingerprint density at radius 1 is 1.06 bits per heavy atom. The van der Waals surface area contributed by atoms with Gasteiger partial charge in [0.15, 0.2) is 0 Å². The highest BCUT2D eigenvalue weighted by Crippen LogP contribution is 2.33. The highest BCUT2D eigenvalue weighted by atomic mass is 16.4. The molecule has 0 aliphatic carbocycles. The largest absolute Gasteiger partial charge is 0.411 e. The third kappa shape index (κ3) is 3.58. The Morgan fingerprint density at radius 3 is 2.00 bits per heavy atom. The molecule has 1 aromatic rings. The van der Waals surface area contributed by atoms with E-state index in [9.17, 15) is 5.21 Å². The second-order valence-corrected chi connectivity index (χ2v) is 6.24. The number of hydrogen-bond donors (Lipinski definition) is 1. The van der Waals surface area contributed by atoms with E-state index in [-0.39, 0.29) is 10.8 Å². The van der Waals surface area contributed by atoms with Crippen LogP contribution in [0.3, 0.4) is 0 Å². The molecule has 0 aliphatic heterocycles. The molecule has 1 aromatic carbocycles. The summed E-state index contributed by atoms with van der Waals surface area (Å²) >= 11 is 0. The first kappa shape index (κ1) is 13.8. The zero-order valence-corrected chi connectivity index (χ0v) is 11.5. The van der Waals surface area contributed by atoms with Gasteiger partial charge in [-0.25, -0.2) is 0 Å². The van der Waals surface area contributed by atoms with E-state index in [2.05, 4.69) is 51.9 Å². The van der Waals surface area contributed by atoms with E-state index >= 15 is 0 Å². The van der Waals surface area contributed by atoms with E-state index in [4.69, 9.17) is 0 Å². The lowest BCUT2D eigenvalue weighted by Crippen LogP contribution is -2.36. The minimum atomic E-state index is -0.144. The summed E-state index contributed by atoms with van der Waals surface area (Å²) in [6, 6.07) is 10.3. The minimum absolute atomic E-state index is 0.118. The molecule has 0 radical (unpaired) electrons. The molecule has 0 unspecified atom stereocenters. The summed E-state index contributed by atoms with van der Waals surface area (Å²) in [5.74, 6) is 0. The second kappa shape index (κ2) is 4.91. The predicted molar refractivity (Wildman–Crippen MR) is 72.6 cm³/mol. The van der Waals surface area contributed by atoms with E-state index in [1.54, 1.807) is 0 Å². The van der Waals surface area contributed by atoms with E-state index in [0.29, 0.717) is 0 Å². The maximum atomic E-state index is 9.26. The molecule has 0 bridgehead atoms. The molecule has 0 atom stereocenters. The minimum Gasteiger partial charge on any atom is -0.411 e. The van der Waals surface area contributed by atoms with Crippen molar-refractivity contribution in [3.63, 3.8) is 0 Å². The number of nitrogens with zero attached hydrogens (tertiary/aromatic N) is 1. The van der Waals surface area contributed by atoms with Crippen LogP contribution in [0.25, 0.3) is 0 Å². The van der Waals surface area contributed by atoms with Crippen LogP contribution in [0.5, 0.6) is 0 Å². The van der Waals surface area contributed by atoms with Crippen LogP contribution >= 0.6 is 0 Å². The van der Waals surface area contributed by atoms with Crippen molar-refractivity contribution in [1.82, 2.24) is 0 Å². The second-order valence-electron chi connectivity index (χ2n) is 6.24. The predicted octanol–water partition coefficient (Wildman–Crippen LogP) is 4.13. The number of benzene rings is 1. The van der Waals surface area contributed by atoms with Crippen molar-refractivity contribution >= 4 is 5.71 Å². The highest BCUT2D eigenvalue weighted by Gasteiger charge is 2.34. The summed E-state index contributed by atoms with van der Waals surface area (Å²) in [4.78, 5) is 0. The molecule has 0 aromatic heterocycles. The van der Waals surface area contributed by atoms with E-state index in [1.165, 1.54) is 5.56 Å². The SMILES string of the molecule is CC(C)(C)/C(=N/O)C(C)(C)Cc1ccccc1. The van der Waals surface area contributed by atoms with Crippen molar-refractivity contribution in [1.29, 1.82) is 0 Å². The molecular formula is C15H23NO. The molecule has 0 fully saturated rings. The lowest BCUT2D eigenvalue weighted by Gasteiger charge is -2.33. The third-order valence-corrected chi connectivity index (χ3v) is 2.94. The fourth-order valence-electron chi connectivity index (χ4n) is 2.49. The van der Waals surface area contributed by atoms with Crippen LogP contribution in [-0.2, 0) is 6.42 Å². The Morgan fingerprint density at radius 2 is 1.59 bits per heavy atom. The molecule has 0 saturated heterocycles. The van der Waals surface area contributed by atoms with Crippen LogP contribution in [0, 0.1) is 10.8 Å². The number of rotatable bonds is 3. The third-order valence-electron chi connectivity index (χ3n) is 2.94. The highest BCUT2D eigenvalue weighted by molar-refractivity contribution is 5.93. The first-order valence-corrected chi connectivity index (χ1v) is 6.04. The van der Waals surface area contributed by atoms with Crippen LogP contribution in [0.4, 0.5) is 0 Å². The summed E-state index contributed by atoms with van der Waals surface area (Å²) in [6.07, 6.45) is 0.879. The van der Waals surface area contributed by atoms with Gasteiger partial charge in [0.25, 0.3) is 0 Å². The molecule has 0 heterocycles. The maximum absolute atomic E-state index is 9.26. The lowest BCUT2D eigenvalue weighted by atomic mass is 9.71. The molecule has 94 valence electrons. The van der Waals surface area contributed by atoms with Crippen molar-refractivity contribution in [2.24, 2.45) is 16.0 Å². The van der Waals surface area contributed by atoms with Gasteiger partial charge in [-0.2, -0.15) is 0 Å². The fourth-order valence-corrected chi connectivity index (χ4v) is 2.49. The van der Waals surface area contributed by atoms with Gasteiger partial charge in [-0.3, -0.25) is 0 Å². The normalized spacial score (nSPS) is 13.8. The van der Waals surface area contributed by atoms with Gasteiger partial charge in [0.1, 0.15) is 0 Å². The summed E-state index contributed by atoms with van der Waals surface area (Å²) in [6.45, 7) is 10.5. The quantitative estimate of drug-likeness (QED) is 0.475. The van der Waals surface area contributed by atoms with Crippen molar-refractivity contribution in [2.45, 2.75) is 41.0 Å². The maximum Gasteiger partial charge on any atom is 0.0683 e. The molecule has 1 N–H and O–H groups in total. The standard InChI is InChI=1S/C15H23NO/c1-14(2,3)13(16-17)15(4,5)11-12-9-7-6-8-10-12/h6-10,17H,11H2,1-5H3/b16-13-. The van der Waals surface area contributed by atoms with Gasteiger partial charge in [0, 0.05) is 10.8 Å². The van der Waals surface area contributed by atoms with Crippen LogP contribution < -0.4 is 0 Å².